The molecule has 0 bridgehead atoms. The van der Waals surface area contributed by atoms with Gasteiger partial charge in [-0.3, -0.25) is 29.5 Å². The quantitative estimate of drug-likeness (QED) is 0.413. The van der Waals surface area contributed by atoms with Crippen LogP contribution >= 0.6 is 0 Å². The lowest BCUT2D eigenvalue weighted by atomic mass is 9.95. The molecular weight excluding hydrogens is 536 g/mol. The summed E-state index contributed by atoms with van der Waals surface area (Å²) in [6.07, 6.45) is 1.29. The monoisotopic (exact) mass is 574 g/mol. The number of carbonyl (C=O) groups is 4. The second kappa shape index (κ2) is 10.8. The number of hydrogen-bond donors (Lipinski definition) is 2. The fourth-order valence-corrected chi connectivity index (χ4v) is 6.61. The molecule has 2 N–H and O–H groups in total. The van der Waals surface area contributed by atoms with Crippen LogP contribution in [0.25, 0.3) is 0 Å². The topological polar surface area (TPSA) is 119 Å². The molecule has 0 radical (unpaired) electrons. The average Bonchev–Trinajstić information content (AvgIpc) is 3.44. The third-order valence-corrected chi connectivity index (χ3v) is 8.71. The highest BCUT2D eigenvalue weighted by molar-refractivity contribution is 6.05. The van der Waals surface area contributed by atoms with Gasteiger partial charge in [0.15, 0.2) is 6.23 Å². The van der Waals surface area contributed by atoms with Crippen molar-refractivity contribution in [1.29, 1.82) is 0 Å². The van der Waals surface area contributed by atoms with Crippen molar-refractivity contribution >= 4 is 29.4 Å². The van der Waals surface area contributed by atoms with Gasteiger partial charge in [0.05, 0.1) is 5.56 Å². The predicted octanol–water partition coefficient (Wildman–Crippen LogP) is 3.13. The highest BCUT2D eigenvalue weighted by Crippen LogP contribution is 2.39. The lowest BCUT2D eigenvalue weighted by Crippen LogP contribution is -2.53. The number of piperidine rings is 2. The van der Waals surface area contributed by atoms with Gasteiger partial charge >= 0.3 is 5.97 Å². The molecule has 222 valence electrons. The van der Waals surface area contributed by atoms with Gasteiger partial charge in [-0.05, 0) is 93.5 Å². The number of rotatable bonds is 5. The number of anilines is 1. The van der Waals surface area contributed by atoms with E-state index in [-0.39, 0.29) is 30.6 Å². The Hall–Kier alpha value is -3.76. The Morgan fingerprint density at radius 3 is 2.31 bits per heavy atom. The van der Waals surface area contributed by atoms with Crippen LogP contribution < -0.4 is 10.2 Å². The van der Waals surface area contributed by atoms with Crippen LogP contribution in [0.5, 0.6) is 0 Å². The van der Waals surface area contributed by atoms with Crippen molar-refractivity contribution in [3.05, 3.63) is 64.2 Å². The van der Waals surface area contributed by atoms with Crippen LogP contribution in [0, 0.1) is 5.92 Å². The summed E-state index contributed by atoms with van der Waals surface area (Å²) in [6, 6.07) is 10.6. The molecule has 42 heavy (non-hydrogen) atoms. The van der Waals surface area contributed by atoms with E-state index in [0.717, 1.165) is 62.4 Å². The molecule has 2 aromatic rings. The maximum atomic E-state index is 13.2. The molecule has 2 unspecified atom stereocenters. The van der Waals surface area contributed by atoms with Crippen molar-refractivity contribution in [1.82, 2.24) is 15.1 Å². The zero-order chi connectivity index (χ0) is 29.8. The van der Waals surface area contributed by atoms with Crippen LogP contribution in [0.2, 0.25) is 0 Å². The number of imide groups is 1. The van der Waals surface area contributed by atoms with E-state index in [2.05, 4.69) is 15.1 Å². The number of carbonyl (C=O) groups excluding carboxylic acids is 4. The van der Waals surface area contributed by atoms with Crippen LogP contribution in [0.3, 0.4) is 0 Å². The van der Waals surface area contributed by atoms with Gasteiger partial charge in [0, 0.05) is 56.0 Å². The number of fused-ring (bicyclic) bond motifs is 2. The molecule has 0 spiro atoms. The van der Waals surface area contributed by atoms with E-state index in [0.29, 0.717) is 22.6 Å². The number of hydrogen-bond acceptors (Lipinski definition) is 8. The number of nitrogens with one attached hydrogen (secondary N) is 1. The molecule has 10 nitrogen and oxygen atoms in total. The van der Waals surface area contributed by atoms with Crippen LogP contribution in [0.1, 0.15) is 90.1 Å². The van der Waals surface area contributed by atoms with Gasteiger partial charge in [0.25, 0.3) is 5.91 Å². The van der Waals surface area contributed by atoms with Crippen LogP contribution in [-0.2, 0) is 27.4 Å². The number of amides is 3. The van der Waals surface area contributed by atoms with Crippen molar-refractivity contribution in [2.45, 2.75) is 77.4 Å². The first-order valence-electron chi connectivity index (χ1n) is 14.8. The van der Waals surface area contributed by atoms with Crippen molar-refractivity contribution < 1.29 is 29.0 Å². The molecule has 2 fully saturated rings. The molecule has 10 heteroatoms. The standard InChI is InChI=1S/C32H38N4O6/c1-32(2,3)42-31(41)20-4-6-23(7-5-20)35-12-10-19(11-13-35)16-34-17-21-14-24-25(15-22(21)18-34)30(40)36(29(24)39)26-8-9-27(37)33-28(26)38/h4-7,14-15,19,26,29,39H,8-13,16-18H2,1-3H3,(H,33,37,38). The normalized spacial score (nSPS) is 23.2. The lowest BCUT2D eigenvalue weighted by Gasteiger charge is -2.35. The summed E-state index contributed by atoms with van der Waals surface area (Å²) in [4.78, 5) is 55.5. The van der Waals surface area contributed by atoms with Crippen molar-refractivity contribution in [3.63, 3.8) is 0 Å². The minimum Gasteiger partial charge on any atom is -0.456 e. The molecule has 2 saturated heterocycles. The van der Waals surface area contributed by atoms with Gasteiger partial charge in [-0.15, -0.1) is 0 Å². The number of ether oxygens (including phenoxy) is 1. The number of benzene rings is 2. The van der Waals surface area contributed by atoms with Gasteiger partial charge in [0.2, 0.25) is 11.8 Å². The summed E-state index contributed by atoms with van der Waals surface area (Å²) in [5.41, 5.74) is 4.32. The Bertz CT molecular complexity index is 1420. The van der Waals surface area contributed by atoms with Gasteiger partial charge in [-0.2, -0.15) is 0 Å². The number of nitrogens with zero attached hydrogens (tertiary/aromatic N) is 3. The maximum absolute atomic E-state index is 13.2. The minimum absolute atomic E-state index is 0.147. The summed E-state index contributed by atoms with van der Waals surface area (Å²) >= 11 is 0. The fraction of sp³-hybridized carbons (Fsp3) is 0.500. The molecule has 6 rings (SSSR count). The highest BCUT2D eigenvalue weighted by atomic mass is 16.6. The van der Waals surface area contributed by atoms with E-state index < -0.39 is 23.8 Å². The van der Waals surface area contributed by atoms with Crippen molar-refractivity contribution in [2.75, 3.05) is 24.5 Å². The number of aliphatic hydroxyl groups is 1. The van der Waals surface area contributed by atoms with Crippen LogP contribution in [0.15, 0.2) is 36.4 Å². The molecule has 0 aromatic heterocycles. The first-order chi connectivity index (χ1) is 20.0. The molecule has 4 aliphatic rings. The summed E-state index contributed by atoms with van der Waals surface area (Å²) in [6.45, 7) is 9.95. The molecule has 4 aliphatic heterocycles. The Morgan fingerprint density at radius 2 is 1.67 bits per heavy atom. The molecule has 2 atom stereocenters. The SMILES string of the molecule is CC(C)(C)OC(=O)c1ccc(N2CCC(CN3Cc4cc5c(cc4C3)C(O)N(C3CCC(=O)NC3=O)C5=O)CC2)cc1. The van der Waals surface area contributed by atoms with Gasteiger partial charge in [0.1, 0.15) is 11.6 Å². The van der Waals surface area contributed by atoms with E-state index in [4.69, 9.17) is 4.74 Å². The summed E-state index contributed by atoms with van der Waals surface area (Å²) in [5.74, 6) is -1.00. The first kappa shape index (κ1) is 28.4. The van der Waals surface area contributed by atoms with Gasteiger partial charge in [-0.1, -0.05) is 0 Å². The molecule has 4 heterocycles. The molecular formula is C32H38N4O6. The minimum atomic E-state index is -1.20. The molecule has 2 aromatic carbocycles. The average molecular weight is 575 g/mol. The number of esters is 1. The zero-order valence-electron chi connectivity index (χ0n) is 24.4. The summed E-state index contributed by atoms with van der Waals surface area (Å²) in [5, 5.41) is 13.3. The van der Waals surface area contributed by atoms with Crippen LogP contribution in [0.4, 0.5) is 5.69 Å². The van der Waals surface area contributed by atoms with Gasteiger partial charge in [-0.25, -0.2) is 4.79 Å². The van der Waals surface area contributed by atoms with Crippen LogP contribution in [-0.4, -0.2) is 69.9 Å². The molecule has 0 aliphatic carbocycles. The fourth-order valence-electron chi connectivity index (χ4n) is 6.61. The summed E-state index contributed by atoms with van der Waals surface area (Å²) in [7, 11) is 0. The van der Waals surface area contributed by atoms with E-state index in [1.54, 1.807) is 0 Å². The first-order valence-corrected chi connectivity index (χ1v) is 14.8. The zero-order valence-corrected chi connectivity index (χ0v) is 24.4. The lowest BCUT2D eigenvalue weighted by molar-refractivity contribution is -0.139. The summed E-state index contributed by atoms with van der Waals surface area (Å²) < 4.78 is 5.47. The van der Waals surface area contributed by atoms with E-state index in [9.17, 15) is 24.3 Å². The third kappa shape index (κ3) is 5.53. The Labute approximate surface area is 245 Å². The smallest absolute Gasteiger partial charge is 0.338 e. The van der Waals surface area contributed by atoms with E-state index in [1.807, 2.05) is 57.2 Å². The Morgan fingerprint density at radius 1 is 1.00 bits per heavy atom. The largest absolute Gasteiger partial charge is 0.456 e. The molecule has 3 amide bonds. The van der Waals surface area contributed by atoms with Crippen molar-refractivity contribution in [3.8, 4) is 0 Å². The number of aliphatic hydroxyl groups excluding tert-OH is 1. The van der Waals surface area contributed by atoms with E-state index in [1.165, 1.54) is 4.90 Å². The predicted molar refractivity (Wildman–Crippen MR) is 154 cm³/mol. The Kier molecular flexibility index (Phi) is 7.31. The van der Waals surface area contributed by atoms with E-state index >= 15 is 0 Å². The third-order valence-electron chi connectivity index (χ3n) is 8.71. The second-order valence-corrected chi connectivity index (χ2v) is 12.9. The molecule has 0 saturated carbocycles. The van der Waals surface area contributed by atoms with Crippen molar-refractivity contribution in [2.24, 2.45) is 5.92 Å². The Balaban J connectivity index is 1.03. The second-order valence-electron chi connectivity index (χ2n) is 12.9. The van der Waals surface area contributed by atoms with Gasteiger partial charge < -0.3 is 14.7 Å². The highest BCUT2D eigenvalue weighted by Gasteiger charge is 2.45. The maximum Gasteiger partial charge on any atom is 0.338 e.